The average Bonchev–Trinajstić information content (AvgIpc) is 3.32. The number of rotatable bonds is 48. The minimum atomic E-state index is -4.80. The van der Waals surface area contributed by atoms with Crippen molar-refractivity contribution in [3.05, 3.63) is 97.2 Å². The standard InChI is InChI=1S/C56H94NO10P/c1-3-5-7-9-11-13-15-17-19-21-23-25-26-28-30-32-34-36-38-40-42-44-46-48-55(60)65-49-52(58)50-66-68(63,64)67-51-53(56(61)62)57-54(59)47-45-43-41-39-37-35-33-31-29-27-24-22-20-18-16-14-12-10-8-6-4-2/h6,8,12,14,17-20,24,27,31,33,37,39,43,45,52-53,58H,3-5,7,9-11,13,15-16,21-23,25-26,28-30,32,34-36,38,40-42,44,46-51H2,1-2H3,(H,57,59)(H,61,62)(H,63,64)/b8-6-,14-12-,19-17+,20-18-,27-24-,33-31-,39-37-,45-43-. The van der Waals surface area contributed by atoms with Crippen LogP contribution in [0.15, 0.2) is 97.2 Å². The maximum absolute atomic E-state index is 12.3. The summed E-state index contributed by atoms with van der Waals surface area (Å²) in [6.07, 6.45) is 64.7. The summed E-state index contributed by atoms with van der Waals surface area (Å²) >= 11 is 0. The van der Waals surface area contributed by atoms with Crippen LogP contribution in [-0.4, -0.2) is 64.9 Å². The van der Waals surface area contributed by atoms with E-state index in [-0.39, 0.29) is 12.8 Å². The van der Waals surface area contributed by atoms with Gasteiger partial charge in [-0.1, -0.05) is 214 Å². The molecule has 4 N–H and O–H groups in total. The Morgan fingerprint density at radius 3 is 1.31 bits per heavy atom. The number of amides is 1. The summed E-state index contributed by atoms with van der Waals surface area (Å²) in [6.45, 7) is 2.42. The highest BCUT2D eigenvalue weighted by Crippen LogP contribution is 2.43. The van der Waals surface area contributed by atoms with Crippen molar-refractivity contribution >= 4 is 25.7 Å². The molecule has 0 aromatic heterocycles. The fourth-order valence-electron chi connectivity index (χ4n) is 6.86. The number of carboxylic acids is 1. The van der Waals surface area contributed by atoms with E-state index in [9.17, 15) is 34.1 Å². The van der Waals surface area contributed by atoms with Gasteiger partial charge < -0.3 is 25.2 Å². The zero-order valence-electron chi connectivity index (χ0n) is 42.4. The smallest absolute Gasteiger partial charge is 0.472 e. The van der Waals surface area contributed by atoms with Crippen LogP contribution in [0, 0.1) is 0 Å². The lowest BCUT2D eigenvalue weighted by molar-refractivity contribution is -0.147. The van der Waals surface area contributed by atoms with E-state index in [1.54, 1.807) is 12.2 Å². The molecular formula is C56H94NO10P. The number of ether oxygens (including phenoxy) is 1. The highest BCUT2D eigenvalue weighted by Gasteiger charge is 2.28. The number of carbonyl (C=O) groups excluding carboxylic acids is 2. The van der Waals surface area contributed by atoms with Crippen LogP contribution in [-0.2, 0) is 32.7 Å². The molecule has 0 aliphatic rings. The van der Waals surface area contributed by atoms with Crippen LogP contribution in [0.3, 0.4) is 0 Å². The van der Waals surface area contributed by atoms with E-state index in [1.165, 1.54) is 109 Å². The Kier molecular flexibility index (Phi) is 47.2. The fraction of sp³-hybridized carbons (Fsp3) is 0.661. The second-order valence-electron chi connectivity index (χ2n) is 17.3. The van der Waals surface area contributed by atoms with E-state index < -0.39 is 57.6 Å². The monoisotopic (exact) mass is 972 g/mol. The molecule has 3 unspecified atom stereocenters. The molecule has 11 nitrogen and oxygen atoms in total. The lowest BCUT2D eigenvalue weighted by Crippen LogP contribution is -2.43. The Morgan fingerprint density at radius 2 is 0.882 bits per heavy atom. The molecule has 0 spiro atoms. The van der Waals surface area contributed by atoms with E-state index >= 15 is 0 Å². The van der Waals surface area contributed by atoms with E-state index in [4.69, 9.17) is 13.8 Å². The number of aliphatic carboxylic acids is 1. The van der Waals surface area contributed by atoms with Crippen molar-refractivity contribution in [2.75, 3.05) is 19.8 Å². The molecule has 0 aliphatic heterocycles. The molecule has 0 saturated heterocycles. The van der Waals surface area contributed by atoms with Crippen LogP contribution in [0.1, 0.15) is 206 Å². The Morgan fingerprint density at radius 1 is 0.500 bits per heavy atom. The zero-order valence-corrected chi connectivity index (χ0v) is 43.3. The number of unbranched alkanes of at least 4 members (excludes halogenated alkanes) is 19. The molecule has 0 rings (SSSR count). The molecule has 0 aromatic carbocycles. The Balaban J connectivity index is 3.92. The predicted octanol–water partition coefficient (Wildman–Crippen LogP) is 14.8. The number of carboxylic acid groups (broad SMARTS) is 1. The van der Waals surface area contributed by atoms with E-state index in [2.05, 4.69) is 92.1 Å². The topological polar surface area (TPSA) is 169 Å². The minimum Gasteiger partial charge on any atom is -0.480 e. The Labute approximate surface area is 413 Å². The average molecular weight is 972 g/mol. The van der Waals surface area contributed by atoms with Gasteiger partial charge in [-0.05, 0) is 77.0 Å². The largest absolute Gasteiger partial charge is 0.480 e. The number of phosphoric acid groups is 1. The molecule has 0 fully saturated rings. The summed E-state index contributed by atoms with van der Waals surface area (Å²) in [5.41, 5.74) is 0. The van der Waals surface area contributed by atoms with Crippen LogP contribution in [0.4, 0.5) is 0 Å². The van der Waals surface area contributed by atoms with Crippen molar-refractivity contribution in [2.45, 2.75) is 219 Å². The summed E-state index contributed by atoms with van der Waals surface area (Å²) in [5.74, 6) is -2.55. The predicted molar refractivity (Wildman–Crippen MR) is 281 cm³/mol. The van der Waals surface area contributed by atoms with Gasteiger partial charge in [0, 0.05) is 12.8 Å². The van der Waals surface area contributed by atoms with Crippen molar-refractivity contribution in [1.82, 2.24) is 5.32 Å². The molecule has 3 atom stereocenters. The van der Waals surface area contributed by atoms with Crippen molar-refractivity contribution in [3.8, 4) is 0 Å². The number of hydrogen-bond donors (Lipinski definition) is 4. The summed E-state index contributed by atoms with van der Waals surface area (Å²) < 4.78 is 26.9. The SMILES string of the molecule is CC/C=C\C/C=C\C/C=C\C/C=C\C/C=C\C/C=C\C/C=C\CC(=O)NC(COP(=O)(O)OCC(O)COC(=O)CCCCCCCCCCCCCCC/C=C/CCCCCCCC)C(=O)O. The molecule has 1 amide bonds. The maximum Gasteiger partial charge on any atom is 0.472 e. The summed E-state index contributed by atoms with van der Waals surface area (Å²) in [7, 11) is -4.80. The summed E-state index contributed by atoms with van der Waals surface area (Å²) in [5, 5.41) is 21.8. The van der Waals surface area contributed by atoms with E-state index in [0.717, 1.165) is 57.8 Å². The zero-order chi connectivity index (χ0) is 49.9. The van der Waals surface area contributed by atoms with Gasteiger partial charge in [-0.2, -0.15) is 0 Å². The van der Waals surface area contributed by atoms with Gasteiger partial charge in [-0.3, -0.25) is 18.6 Å². The molecule has 388 valence electrons. The third-order valence-electron chi connectivity index (χ3n) is 10.9. The molecular weight excluding hydrogens is 878 g/mol. The molecule has 0 bridgehead atoms. The molecule has 0 saturated carbocycles. The van der Waals surface area contributed by atoms with Gasteiger partial charge in [-0.15, -0.1) is 0 Å². The molecule has 0 aromatic rings. The maximum atomic E-state index is 12.3. The number of aliphatic hydroxyl groups excluding tert-OH is 1. The Hall–Kier alpha value is -3.60. The number of esters is 1. The number of allylic oxidation sites excluding steroid dienone is 15. The highest BCUT2D eigenvalue weighted by atomic mass is 31.2. The first-order valence-electron chi connectivity index (χ1n) is 26.3. The van der Waals surface area contributed by atoms with Gasteiger partial charge in [0.2, 0.25) is 5.91 Å². The quantitative estimate of drug-likeness (QED) is 0.0199. The normalized spacial score (nSPS) is 14.3. The lowest BCUT2D eigenvalue weighted by atomic mass is 10.0. The van der Waals surface area contributed by atoms with Crippen LogP contribution in [0.2, 0.25) is 0 Å². The van der Waals surface area contributed by atoms with E-state index in [1.807, 2.05) is 12.2 Å². The number of nitrogens with one attached hydrogen (secondary N) is 1. The van der Waals surface area contributed by atoms with E-state index in [0.29, 0.717) is 12.8 Å². The highest BCUT2D eigenvalue weighted by molar-refractivity contribution is 7.47. The first kappa shape index (κ1) is 64.4. The van der Waals surface area contributed by atoms with Gasteiger partial charge in [0.15, 0.2) is 6.04 Å². The van der Waals surface area contributed by atoms with Crippen molar-refractivity contribution in [2.24, 2.45) is 0 Å². The number of carbonyl (C=O) groups is 3. The molecule has 12 heteroatoms. The Bertz CT molecular complexity index is 1510. The van der Waals surface area contributed by atoms with Gasteiger partial charge in [0.1, 0.15) is 12.7 Å². The lowest BCUT2D eigenvalue weighted by Gasteiger charge is -2.18. The third-order valence-corrected chi connectivity index (χ3v) is 11.8. The number of hydrogen-bond acceptors (Lipinski definition) is 8. The second-order valence-corrected chi connectivity index (χ2v) is 18.8. The summed E-state index contributed by atoms with van der Waals surface area (Å²) in [6, 6.07) is -1.61. The molecule has 0 aliphatic carbocycles. The van der Waals surface area contributed by atoms with Gasteiger partial charge >= 0.3 is 19.8 Å². The van der Waals surface area contributed by atoms with Gasteiger partial charge in [-0.25, -0.2) is 9.36 Å². The molecule has 68 heavy (non-hydrogen) atoms. The van der Waals surface area contributed by atoms with Crippen LogP contribution in [0.25, 0.3) is 0 Å². The van der Waals surface area contributed by atoms with Gasteiger partial charge in [0.25, 0.3) is 0 Å². The van der Waals surface area contributed by atoms with Crippen LogP contribution >= 0.6 is 7.82 Å². The first-order chi connectivity index (χ1) is 33.1. The molecule has 0 radical (unpaired) electrons. The van der Waals surface area contributed by atoms with Crippen molar-refractivity contribution < 1.29 is 47.8 Å². The first-order valence-corrected chi connectivity index (χ1v) is 27.8. The second kappa shape index (κ2) is 49.8. The van der Waals surface area contributed by atoms with Crippen molar-refractivity contribution in [1.29, 1.82) is 0 Å². The van der Waals surface area contributed by atoms with Gasteiger partial charge in [0.05, 0.1) is 13.2 Å². The van der Waals surface area contributed by atoms with Crippen LogP contribution < -0.4 is 5.32 Å². The summed E-state index contributed by atoms with van der Waals surface area (Å²) in [4.78, 5) is 46.1. The fourth-order valence-corrected chi connectivity index (χ4v) is 7.63. The number of aliphatic hydroxyl groups is 1. The third kappa shape index (κ3) is 48.8. The van der Waals surface area contributed by atoms with Crippen LogP contribution in [0.5, 0.6) is 0 Å². The minimum absolute atomic E-state index is 0.0942. The number of phosphoric ester groups is 1. The molecule has 0 heterocycles. The van der Waals surface area contributed by atoms with Crippen molar-refractivity contribution in [3.63, 3.8) is 0 Å².